The lowest BCUT2D eigenvalue weighted by atomic mass is 10.1. The number of ether oxygens (including phenoxy) is 1. The molecule has 2 heterocycles. The maximum absolute atomic E-state index is 6.11. The van der Waals surface area contributed by atoms with Crippen molar-refractivity contribution in [2.45, 2.75) is 13.5 Å². The van der Waals surface area contributed by atoms with Crippen molar-refractivity contribution in [3.05, 3.63) is 101 Å². The summed E-state index contributed by atoms with van der Waals surface area (Å²) in [5, 5.41) is 6.08. The number of aryl methyl sites for hydroxylation is 1. The maximum Gasteiger partial charge on any atom is 0.188 e. The molecule has 0 saturated carbocycles. The Bertz CT molecular complexity index is 1090. The van der Waals surface area contributed by atoms with Crippen LogP contribution in [0.4, 0.5) is 10.9 Å². The highest BCUT2D eigenvalue weighted by Gasteiger charge is 2.09. The standard InChI is InChI=1S/C24H21N3OS/c1-18-17-29-24(26-18)27-23-22(28-16-20-10-6-3-7-11-20)14-21(15-25-23)13-12-19-8-4-2-5-9-19/h2-15,17H,16H2,1H3,(H,25,26,27)/b13-12+. The number of hydrogen-bond acceptors (Lipinski definition) is 5. The zero-order valence-electron chi connectivity index (χ0n) is 16.1. The highest BCUT2D eigenvalue weighted by Crippen LogP contribution is 2.29. The van der Waals surface area contributed by atoms with Crippen LogP contribution < -0.4 is 10.1 Å². The van der Waals surface area contributed by atoms with Gasteiger partial charge in [0.25, 0.3) is 0 Å². The van der Waals surface area contributed by atoms with Gasteiger partial charge in [-0.1, -0.05) is 72.8 Å². The smallest absolute Gasteiger partial charge is 0.188 e. The van der Waals surface area contributed by atoms with Gasteiger partial charge in [0, 0.05) is 11.6 Å². The van der Waals surface area contributed by atoms with Gasteiger partial charge in [-0.3, -0.25) is 0 Å². The maximum atomic E-state index is 6.11. The van der Waals surface area contributed by atoms with Gasteiger partial charge in [0.2, 0.25) is 0 Å². The minimum Gasteiger partial charge on any atom is -0.485 e. The zero-order chi connectivity index (χ0) is 19.9. The van der Waals surface area contributed by atoms with E-state index >= 15 is 0 Å². The average Bonchev–Trinajstić information content (AvgIpc) is 3.18. The molecule has 0 unspecified atom stereocenters. The molecule has 0 radical (unpaired) electrons. The van der Waals surface area contributed by atoms with E-state index in [1.165, 1.54) is 0 Å². The van der Waals surface area contributed by atoms with Gasteiger partial charge in [0.05, 0.1) is 5.69 Å². The quantitative estimate of drug-likeness (QED) is 0.394. The Labute approximate surface area is 174 Å². The van der Waals surface area contributed by atoms with Gasteiger partial charge >= 0.3 is 0 Å². The zero-order valence-corrected chi connectivity index (χ0v) is 16.9. The molecule has 0 fully saturated rings. The van der Waals surface area contributed by atoms with Crippen molar-refractivity contribution in [3.63, 3.8) is 0 Å². The lowest BCUT2D eigenvalue weighted by molar-refractivity contribution is 0.307. The van der Waals surface area contributed by atoms with Gasteiger partial charge < -0.3 is 10.1 Å². The molecule has 2 aromatic heterocycles. The SMILES string of the molecule is Cc1csc(Nc2ncc(/C=C/c3ccccc3)cc2OCc2ccccc2)n1. The highest BCUT2D eigenvalue weighted by molar-refractivity contribution is 7.13. The van der Waals surface area contributed by atoms with Crippen LogP contribution in [0, 0.1) is 6.92 Å². The van der Waals surface area contributed by atoms with E-state index in [0.29, 0.717) is 18.2 Å². The predicted molar refractivity (Wildman–Crippen MR) is 121 cm³/mol. The lowest BCUT2D eigenvalue weighted by Crippen LogP contribution is -2.01. The van der Waals surface area contributed by atoms with E-state index in [9.17, 15) is 0 Å². The van der Waals surface area contributed by atoms with Crippen molar-refractivity contribution in [3.8, 4) is 5.75 Å². The minimum atomic E-state index is 0.472. The summed E-state index contributed by atoms with van der Waals surface area (Å²) in [6.45, 7) is 2.44. The fourth-order valence-corrected chi connectivity index (χ4v) is 3.45. The molecule has 2 aromatic carbocycles. The van der Waals surface area contributed by atoms with E-state index in [1.54, 1.807) is 11.3 Å². The van der Waals surface area contributed by atoms with Crippen LogP contribution in [0.1, 0.15) is 22.4 Å². The molecule has 0 saturated heterocycles. The van der Waals surface area contributed by atoms with E-state index in [0.717, 1.165) is 27.5 Å². The largest absolute Gasteiger partial charge is 0.485 e. The summed E-state index contributed by atoms with van der Waals surface area (Å²) < 4.78 is 6.11. The predicted octanol–water partition coefficient (Wildman–Crippen LogP) is 6.34. The Morgan fingerprint density at radius 2 is 1.69 bits per heavy atom. The summed E-state index contributed by atoms with van der Waals surface area (Å²) in [4.78, 5) is 9.05. The average molecular weight is 400 g/mol. The van der Waals surface area contributed by atoms with E-state index in [-0.39, 0.29) is 0 Å². The van der Waals surface area contributed by atoms with Crippen molar-refractivity contribution in [1.82, 2.24) is 9.97 Å². The topological polar surface area (TPSA) is 47.0 Å². The molecule has 5 heteroatoms. The van der Waals surface area contributed by atoms with Crippen LogP contribution in [0.25, 0.3) is 12.2 Å². The molecule has 0 amide bonds. The molecule has 4 aromatic rings. The van der Waals surface area contributed by atoms with Crippen LogP contribution in [-0.2, 0) is 6.61 Å². The third-order valence-corrected chi connectivity index (χ3v) is 5.10. The summed E-state index contributed by atoms with van der Waals surface area (Å²) >= 11 is 1.55. The molecule has 0 spiro atoms. The second-order valence-electron chi connectivity index (χ2n) is 6.55. The number of nitrogens with one attached hydrogen (secondary N) is 1. The third kappa shape index (κ3) is 5.30. The summed E-state index contributed by atoms with van der Waals surface area (Å²) in [7, 11) is 0. The van der Waals surface area contributed by atoms with Crippen LogP contribution in [-0.4, -0.2) is 9.97 Å². The molecule has 29 heavy (non-hydrogen) atoms. The number of aromatic nitrogens is 2. The monoisotopic (exact) mass is 399 g/mol. The first-order valence-electron chi connectivity index (χ1n) is 9.35. The van der Waals surface area contributed by atoms with E-state index in [1.807, 2.05) is 79.2 Å². The molecular weight excluding hydrogens is 378 g/mol. The summed E-state index contributed by atoms with van der Waals surface area (Å²) in [6, 6.07) is 22.3. The van der Waals surface area contributed by atoms with Crippen molar-refractivity contribution >= 4 is 34.4 Å². The molecule has 0 aliphatic rings. The first kappa shape index (κ1) is 18.9. The number of rotatable bonds is 7. The third-order valence-electron chi connectivity index (χ3n) is 4.22. The van der Waals surface area contributed by atoms with Crippen LogP contribution in [0.15, 0.2) is 78.3 Å². The Balaban J connectivity index is 1.58. The second kappa shape index (κ2) is 9.17. The van der Waals surface area contributed by atoms with Crippen molar-refractivity contribution in [2.75, 3.05) is 5.32 Å². The summed E-state index contributed by atoms with van der Waals surface area (Å²) in [5.41, 5.74) is 4.19. The minimum absolute atomic E-state index is 0.472. The van der Waals surface area contributed by atoms with Crippen LogP contribution in [0.5, 0.6) is 5.75 Å². The molecule has 0 aliphatic heterocycles. The van der Waals surface area contributed by atoms with E-state index in [4.69, 9.17) is 4.74 Å². The molecule has 0 aliphatic carbocycles. The lowest BCUT2D eigenvalue weighted by Gasteiger charge is -2.12. The number of thiazole rings is 1. The van der Waals surface area contributed by atoms with E-state index < -0.39 is 0 Å². The normalized spacial score (nSPS) is 10.9. The fraction of sp³-hybridized carbons (Fsp3) is 0.0833. The summed E-state index contributed by atoms with van der Waals surface area (Å²) in [5.74, 6) is 1.35. The van der Waals surface area contributed by atoms with Crippen molar-refractivity contribution in [1.29, 1.82) is 0 Å². The van der Waals surface area contributed by atoms with E-state index in [2.05, 4.69) is 33.5 Å². The van der Waals surface area contributed by atoms with Gasteiger partial charge in [0.15, 0.2) is 16.7 Å². The molecule has 4 rings (SSSR count). The number of hydrogen-bond donors (Lipinski definition) is 1. The Kier molecular flexibility index (Phi) is 5.98. The Morgan fingerprint density at radius 1 is 0.966 bits per heavy atom. The van der Waals surface area contributed by atoms with Crippen LogP contribution >= 0.6 is 11.3 Å². The Hall–Kier alpha value is -3.44. The van der Waals surface area contributed by atoms with Gasteiger partial charge in [-0.05, 0) is 29.7 Å². The number of pyridine rings is 1. The van der Waals surface area contributed by atoms with Gasteiger partial charge in [-0.15, -0.1) is 11.3 Å². The number of anilines is 2. The van der Waals surface area contributed by atoms with Gasteiger partial charge in [-0.2, -0.15) is 0 Å². The number of nitrogens with zero attached hydrogens (tertiary/aromatic N) is 2. The molecule has 1 N–H and O–H groups in total. The number of benzene rings is 2. The van der Waals surface area contributed by atoms with Crippen molar-refractivity contribution in [2.24, 2.45) is 0 Å². The second-order valence-corrected chi connectivity index (χ2v) is 7.41. The van der Waals surface area contributed by atoms with Crippen LogP contribution in [0.3, 0.4) is 0 Å². The fourth-order valence-electron chi connectivity index (χ4n) is 2.76. The molecular formula is C24H21N3OS. The highest BCUT2D eigenvalue weighted by atomic mass is 32.1. The first-order chi connectivity index (χ1) is 14.3. The van der Waals surface area contributed by atoms with Crippen molar-refractivity contribution < 1.29 is 4.74 Å². The molecule has 0 bridgehead atoms. The summed E-state index contributed by atoms with van der Waals surface area (Å²) in [6.07, 6.45) is 5.93. The molecule has 0 atom stereocenters. The van der Waals surface area contributed by atoms with Crippen LogP contribution in [0.2, 0.25) is 0 Å². The van der Waals surface area contributed by atoms with Gasteiger partial charge in [-0.25, -0.2) is 9.97 Å². The Morgan fingerprint density at radius 3 is 2.41 bits per heavy atom. The molecule has 144 valence electrons. The van der Waals surface area contributed by atoms with Gasteiger partial charge in [0.1, 0.15) is 6.61 Å². The molecule has 4 nitrogen and oxygen atoms in total. The first-order valence-corrected chi connectivity index (χ1v) is 10.2.